The Bertz CT molecular complexity index is 671. The van der Waals surface area contributed by atoms with Crippen molar-refractivity contribution in [2.24, 2.45) is 0 Å². The Morgan fingerprint density at radius 1 is 0.900 bits per heavy atom. The summed E-state index contributed by atoms with van der Waals surface area (Å²) in [6.45, 7) is 0. The van der Waals surface area contributed by atoms with Crippen molar-refractivity contribution in [1.29, 1.82) is 0 Å². The highest BCUT2D eigenvalue weighted by atomic mass is 19.2. The molecule has 0 aliphatic rings. The van der Waals surface area contributed by atoms with E-state index in [0.29, 0.717) is 0 Å². The number of carboxylic acids is 1. The summed E-state index contributed by atoms with van der Waals surface area (Å²) in [5, 5.41) is 17.9. The third-order valence-corrected chi connectivity index (χ3v) is 2.78. The SMILES string of the molecule is O=C(O)C(O)c1ccc(-c2ccc(F)c(F)c2)cc1F. The van der Waals surface area contributed by atoms with Crippen LogP contribution in [0.4, 0.5) is 13.2 Å². The molecule has 0 aliphatic heterocycles. The molecule has 0 fully saturated rings. The van der Waals surface area contributed by atoms with Crippen LogP contribution in [0, 0.1) is 17.5 Å². The number of carboxylic acid groups (broad SMARTS) is 1. The van der Waals surface area contributed by atoms with Gasteiger partial charge in [-0.15, -0.1) is 0 Å². The van der Waals surface area contributed by atoms with E-state index in [1.165, 1.54) is 12.1 Å². The molecule has 0 amide bonds. The summed E-state index contributed by atoms with van der Waals surface area (Å²) in [6, 6.07) is 6.43. The minimum atomic E-state index is -1.98. The molecule has 0 aliphatic carbocycles. The second-order valence-corrected chi connectivity index (χ2v) is 4.11. The van der Waals surface area contributed by atoms with Crippen LogP contribution in [0.1, 0.15) is 11.7 Å². The van der Waals surface area contributed by atoms with Gasteiger partial charge in [0.1, 0.15) is 5.82 Å². The van der Waals surface area contributed by atoms with Crippen molar-refractivity contribution in [1.82, 2.24) is 0 Å². The molecular formula is C14H9F3O3. The van der Waals surface area contributed by atoms with Crippen LogP contribution in [-0.4, -0.2) is 16.2 Å². The molecular weight excluding hydrogens is 273 g/mol. The van der Waals surface area contributed by atoms with Gasteiger partial charge in [-0.2, -0.15) is 0 Å². The standard InChI is InChI=1S/C14H9F3O3/c15-10-4-2-8(6-12(10)17)7-1-3-9(11(16)5-7)13(18)14(19)20/h1-6,13,18H,(H,19,20). The summed E-state index contributed by atoms with van der Waals surface area (Å²) >= 11 is 0. The number of carbonyl (C=O) groups is 1. The molecule has 2 rings (SSSR count). The van der Waals surface area contributed by atoms with E-state index in [1.54, 1.807) is 0 Å². The van der Waals surface area contributed by atoms with Crippen molar-refractivity contribution < 1.29 is 28.2 Å². The zero-order valence-corrected chi connectivity index (χ0v) is 9.98. The molecule has 3 nitrogen and oxygen atoms in total. The van der Waals surface area contributed by atoms with E-state index in [9.17, 15) is 23.1 Å². The highest BCUT2D eigenvalue weighted by Gasteiger charge is 2.20. The lowest BCUT2D eigenvalue weighted by Crippen LogP contribution is -2.12. The van der Waals surface area contributed by atoms with Gasteiger partial charge in [0, 0.05) is 5.56 Å². The first-order valence-corrected chi connectivity index (χ1v) is 5.56. The number of hydrogen-bond acceptors (Lipinski definition) is 2. The number of aliphatic hydroxyl groups is 1. The second kappa shape index (κ2) is 5.34. The Kier molecular flexibility index (Phi) is 3.76. The topological polar surface area (TPSA) is 57.5 Å². The van der Waals surface area contributed by atoms with Crippen molar-refractivity contribution in [3.8, 4) is 11.1 Å². The van der Waals surface area contributed by atoms with E-state index in [-0.39, 0.29) is 11.1 Å². The lowest BCUT2D eigenvalue weighted by molar-refractivity contribution is -0.147. The van der Waals surface area contributed by atoms with Crippen LogP contribution in [-0.2, 0) is 4.79 Å². The van der Waals surface area contributed by atoms with E-state index in [1.807, 2.05) is 0 Å². The largest absolute Gasteiger partial charge is 0.479 e. The van der Waals surface area contributed by atoms with Gasteiger partial charge in [0.25, 0.3) is 0 Å². The first-order valence-electron chi connectivity index (χ1n) is 5.56. The van der Waals surface area contributed by atoms with E-state index in [2.05, 4.69) is 0 Å². The van der Waals surface area contributed by atoms with E-state index < -0.39 is 35.1 Å². The molecule has 6 heteroatoms. The predicted octanol–water partition coefficient (Wildman–Crippen LogP) is 2.89. The van der Waals surface area contributed by atoms with Crippen LogP contribution in [0.5, 0.6) is 0 Å². The monoisotopic (exact) mass is 282 g/mol. The van der Waals surface area contributed by atoms with Crippen LogP contribution in [0.2, 0.25) is 0 Å². The van der Waals surface area contributed by atoms with E-state index in [4.69, 9.17) is 5.11 Å². The molecule has 0 aromatic heterocycles. The smallest absolute Gasteiger partial charge is 0.337 e. The van der Waals surface area contributed by atoms with Crippen molar-refractivity contribution in [2.75, 3.05) is 0 Å². The maximum atomic E-state index is 13.7. The van der Waals surface area contributed by atoms with E-state index in [0.717, 1.165) is 24.3 Å². The number of rotatable bonds is 3. The number of aliphatic hydroxyl groups excluding tert-OH is 1. The van der Waals surface area contributed by atoms with Gasteiger partial charge in [0.05, 0.1) is 0 Å². The highest BCUT2D eigenvalue weighted by molar-refractivity contribution is 5.75. The fourth-order valence-electron chi connectivity index (χ4n) is 1.74. The predicted molar refractivity (Wildman–Crippen MR) is 64.3 cm³/mol. The Labute approximate surface area is 111 Å². The molecule has 1 unspecified atom stereocenters. The Hall–Kier alpha value is -2.34. The molecule has 20 heavy (non-hydrogen) atoms. The normalized spacial score (nSPS) is 12.2. The van der Waals surface area contributed by atoms with Gasteiger partial charge in [0.2, 0.25) is 0 Å². The zero-order valence-electron chi connectivity index (χ0n) is 9.98. The molecule has 1 atom stereocenters. The number of hydrogen-bond donors (Lipinski definition) is 2. The summed E-state index contributed by atoms with van der Waals surface area (Å²) in [5.74, 6) is -4.61. The highest BCUT2D eigenvalue weighted by Crippen LogP contribution is 2.26. The fraction of sp³-hybridized carbons (Fsp3) is 0.0714. The summed E-state index contributed by atoms with van der Waals surface area (Å²) in [7, 11) is 0. The van der Waals surface area contributed by atoms with Crippen molar-refractivity contribution in [3.05, 3.63) is 59.4 Å². The van der Waals surface area contributed by atoms with Crippen LogP contribution >= 0.6 is 0 Å². The van der Waals surface area contributed by atoms with Crippen molar-refractivity contribution >= 4 is 5.97 Å². The lowest BCUT2D eigenvalue weighted by atomic mass is 10.0. The third kappa shape index (κ3) is 2.65. The molecule has 0 radical (unpaired) electrons. The minimum Gasteiger partial charge on any atom is -0.479 e. The summed E-state index contributed by atoms with van der Waals surface area (Å²) in [5.41, 5.74) is 0.0748. The first-order chi connectivity index (χ1) is 9.40. The molecule has 0 spiro atoms. The van der Waals surface area contributed by atoms with Crippen molar-refractivity contribution in [2.45, 2.75) is 6.10 Å². The molecule has 2 N–H and O–H groups in total. The van der Waals surface area contributed by atoms with Crippen LogP contribution in [0.3, 0.4) is 0 Å². The molecule has 0 bridgehead atoms. The molecule has 2 aromatic rings. The maximum Gasteiger partial charge on any atom is 0.337 e. The molecule has 0 saturated heterocycles. The van der Waals surface area contributed by atoms with Gasteiger partial charge >= 0.3 is 5.97 Å². The quantitative estimate of drug-likeness (QED) is 0.910. The van der Waals surface area contributed by atoms with Crippen LogP contribution < -0.4 is 0 Å². The van der Waals surface area contributed by atoms with Gasteiger partial charge in [-0.1, -0.05) is 18.2 Å². The zero-order chi connectivity index (χ0) is 14.9. The molecule has 0 saturated carbocycles. The van der Waals surface area contributed by atoms with Gasteiger partial charge in [0.15, 0.2) is 17.7 Å². The van der Waals surface area contributed by atoms with E-state index >= 15 is 0 Å². The number of benzene rings is 2. The van der Waals surface area contributed by atoms with Crippen molar-refractivity contribution in [3.63, 3.8) is 0 Å². The van der Waals surface area contributed by atoms with Gasteiger partial charge < -0.3 is 10.2 Å². The Morgan fingerprint density at radius 3 is 1.95 bits per heavy atom. The van der Waals surface area contributed by atoms with Crippen LogP contribution in [0.25, 0.3) is 11.1 Å². The average molecular weight is 282 g/mol. The van der Waals surface area contributed by atoms with Gasteiger partial charge in [-0.05, 0) is 29.3 Å². The minimum absolute atomic E-state index is 0.235. The summed E-state index contributed by atoms with van der Waals surface area (Å²) in [4.78, 5) is 10.6. The number of halogens is 3. The second-order valence-electron chi connectivity index (χ2n) is 4.11. The first kappa shape index (κ1) is 14.1. The third-order valence-electron chi connectivity index (χ3n) is 2.78. The Balaban J connectivity index is 2.42. The van der Waals surface area contributed by atoms with Crippen LogP contribution in [0.15, 0.2) is 36.4 Å². The average Bonchev–Trinajstić information content (AvgIpc) is 2.41. The Morgan fingerprint density at radius 2 is 1.45 bits per heavy atom. The lowest BCUT2D eigenvalue weighted by Gasteiger charge is -2.09. The molecule has 104 valence electrons. The maximum absolute atomic E-state index is 13.7. The summed E-state index contributed by atoms with van der Waals surface area (Å²) in [6.07, 6.45) is -1.98. The van der Waals surface area contributed by atoms with Gasteiger partial charge in [-0.3, -0.25) is 0 Å². The van der Waals surface area contributed by atoms with Gasteiger partial charge in [-0.25, -0.2) is 18.0 Å². The molecule has 2 aromatic carbocycles. The fourth-order valence-corrected chi connectivity index (χ4v) is 1.74. The summed E-state index contributed by atoms with van der Waals surface area (Å²) < 4.78 is 39.6. The number of aliphatic carboxylic acids is 1. The molecule has 0 heterocycles.